The first kappa shape index (κ1) is 13.6. The van der Waals surface area contributed by atoms with Gasteiger partial charge in [-0.2, -0.15) is 0 Å². The van der Waals surface area contributed by atoms with E-state index in [1.807, 2.05) is 42.5 Å². The molecule has 0 aliphatic carbocycles. The van der Waals surface area contributed by atoms with Crippen molar-refractivity contribution in [2.24, 2.45) is 16.5 Å². The van der Waals surface area contributed by atoms with E-state index in [4.69, 9.17) is 11.5 Å². The molecule has 3 rings (SSSR count). The Morgan fingerprint density at radius 2 is 1.57 bits per heavy atom. The van der Waals surface area contributed by atoms with Crippen LogP contribution in [-0.4, -0.2) is 12.4 Å². The minimum absolute atomic E-state index is 0.340. The normalized spacial score (nSPS) is 24.6. The fraction of sp³-hybridized carbons (Fsp3) is 0.167. The van der Waals surface area contributed by atoms with Crippen molar-refractivity contribution in [3.63, 3.8) is 0 Å². The van der Waals surface area contributed by atoms with Gasteiger partial charge < -0.3 is 11.5 Å². The highest BCUT2D eigenvalue weighted by molar-refractivity contribution is 5.79. The van der Waals surface area contributed by atoms with Crippen molar-refractivity contribution < 1.29 is 0 Å². The second-order valence-electron chi connectivity index (χ2n) is 5.44. The Morgan fingerprint density at radius 3 is 2.24 bits per heavy atom. The van der Waals surface area contributed by atoms with Crippen LogP contribution in [0.5, 0.6) is 0 Å². The Kier molecular flexibility index (Phi) is 3.59. The zero-order valence-corrected chi connectivity index (χ0v) is 11.8. The summed E-state index contributed by atoms with van der Waals surface area (Å²) in [5, 5.41) is 0. The molecule has 2 unspecified atom stereocenters. The van der Waals surface area contributed by atoms with E-state index in [0.29, 0.717) is 5.70 Å². The summed E-state index contributed by atoms with van der Waals surface area (Å²) in [6.45, 7) is 0. The summed E-state index contributed by atoms with van der Waals surface area (Å²) in [5.41, 5.74) is 15.0. The first-order valence-electron chi connectivity index (χ1n) is 7.07. The second-order valence-corrected chi connectivity index (χ2v) is 5.44. The molecule has 0 fully saturated rings. The van der Waals surface area contributed by atoms with Crippen molar-refractivity contribution in [3.8, 4) is 0 Å². The van der Waals surface area contributed by atoms with Gasteiger partial charge in [-0.1, -0.05) is 60.7 Å². The first-order chi connectivity index (χ1) is 10.2. The average Bonchev–Trinajstić information content (AvgIpc) is 2.53. The van der Waals surface area contributed by atoms with Gasteiger partial charge >= 0.3 is 0 Å². The summed E-state index contributed by atoms with van der Waals surface area (Å²) in [7, 11) is 0. The monoisotopic (exact) mass is 277 g/mol. The zero-order valence-electron chi connectivity index (χ0n) is 11.8. The van der Waals surface area contributed by atoms with E-state index in [1.54, 1.807) is 6.21 Å². The molecule has 21 heavy (non-hydrogen) atoms. The maximum atomic E-state index is 6.36. The van der Waals surface area contributed by atoms with Crippen molar-refractivity contribution in [3.05, 3.63) is 83.6 Å². The van der Waals surface area contributed by atoms with Crippen molar-refractivity contribution >= 4 is 6.21 Å². The molecule has 1 heterocycles. The largest absolute Gasteiger partial charge is 0.398 e. The molecule has 0 saturated carbocycles. The van der Waals surface area contributed by atoms with Gasteiger partial charge in [-0.3, -0.25) is 4.99 Å². The first-order valence-corrected chi connectivity index (χ1v) is 7.07. The highest BCUT2D eigenvalue weighted by Crippen LogP contribution is 2.35. The number of hydrogen-bond donors (Lipinski definition) is 2. The van der Waals surface area contributed by atoms with Gasteiger partial charge in [-0.15, -0.1) is 0 Å². The Labute approximate surface area is 125 Å². The van der Waals surface area contributed by atoms with E-state index < -0.39 is 5.41 Å². The van der Waals surface area contributed by atoms with E-state index in [1.165, 1.54) is 5.56 Å². The smallest absolute Gasteiger partial charge is 0.111 e. The molecule has 1 aliphatic rings. The summed E-state index contributed by atoms with van der Waals surface area (Å²) in [6, 6.07) is 20.6. The molecular formula is C18H19N3. The van der Waals surface area contributed by atoms with Gasteiger partial charge in [-0.05, 0) is 23.6 Å². The molecule has 0 bridgehead atoms. The summed E-state index contributed by atoms with van der Waals surface area (Å²) in [5.74, 6) is 0. The predicted octanol–water partition coefficient (Wildman–Crippen LogP) is 2.38. The van der Waals surface area contributed by atoms with Crippen LogP contribution in [0.1, 0.15) is 11.1 Å². The molecule has 106 valence electrons. The van der Waals surface area contributed by atoms with Crippen LogP contribution in [-0.2, 0) is 11.8 Å². The molecule has 1 aliphatic heterocycles. The summed E-state index contributed by atoms with van der Waals surface area (Å²) >= 11 is 0. The van der Waals surface area contributed by atoms with Crippen molar-refractivity contribution in [1.82, 2.24) is 0 Å². The van der Waals surface area contributed by atoms with Gasteiger partial charge in [0.2, 0.25) is 0 Å². The molecular weight excluding hydrogens is 258 g/mol. The van der Waals surface area contributed by atoms with Crippen LogP contribution in [0.15, 0.2) is 77.4 Å². The van der Waals surface area contributed by atoms with Crippen LogP contribution >= 0.6 is 0 Å². The van der Waals surface area contributed by atoms with Crippen LogP contribution < -0.4 is 11.5 Å². The third-order valence-corrected chi connectivity index (χ3v) is 3.99. The van der Waals surface area contributed by atoms with E-state index in [0.717, 1.165) is 12.0 Å². The maximum absolute atomic E-state index is 6.36. The van der Waals surface area contributed by atoms with E-state index in [9.17, 15) is 0 Å². The molecule has 4 N–H and O–H groups in total. The molecule has 2 atom stereocenters. The lowest BCUT2D eigenvalue weighted by atomic mass is 9.72. The average molecular weight is 277 g/mol. The van der Waals surface area contributed by atoms with Gasteiger partial charge in [0.1, 0.15) is 6.17 Å². The van der Waals surface area contributed by atoms with Crippen LogP contribution in [0.3, 0.4) is 0 Å². The van der Waals surface area contributed by atoms with Gasteiger partial charge in [-0.25, -0.2) is 0 Å². The predicted molar refractivity (Wildman–Crippen MR) is 87.0 cm³/mol. The van der Waals surface area contributed by atoms with Crippen LogP contribution in [0, 0.1) is 0 Å². The number of aliphatic imine (C=N–C) groups is 1. The van der Waals surface area contributed by atoms with Crippen LogP contribution in [0.2, 0.25) is 0 Å². The lowest BCUT2D eigenvalue weighted by Crippen LogP contribution is -2.47. The van der Waals surface area contributed by atoms with Gasteiger partial charge in [0.15, 0.2) is 0 Å². The molecule has 0 aromatic heterocycles. The third-order valence-electron chi connectivity index (χ3n) is 3.99. The lowest BCUT2D eigenvalue weighted by molar-refractivity contribution is 0.423. The van der Waals surface area contributed by atoms with E-state index in [-0.39, 0.29) is 6.17 Å². The minimum Gasteiger partial charge on any atom is -0.398 e. The number of benzene rings is 2. The van der Waals surface area contributed by atoms with Crippen molar-refractivity contribution in [1.29, 1.82) is 0 Å². The van der Waals surface area contributed by atoms with Gasteiger partial charge in [0, 0.05) is 11.9 Å². The summed E-state index contributed by atoms with van der Waals surface area (Å²) in [4.78, 5) is 4.40. The Bertz CT molecular complexity index is 661. The third kappa shape index (κ3) is 2.60. The Morgan fingerprint density at radius 1 is 0.952 bits per heavy atom. The fourth-order valence-electron chi connectivity index (χ4n) is 2.91. The number of allylic oxidation sites excluding steroid dienone is 1. The Hall–Kier alpha value is -2.39. The standard InChI is InChI=1S/C18H19N3/c19-16-12-18(17(20)21-13-16,15-9-5-2-6-10-15)11-14-7-3-1-4-8-14/h1-10,12-13,17H,11,19-20H2. The van der Waals surface area contributed by atoms with Gasteiger partial charge in [0.25, 0.3) is 0 Å². The molecule has 3 nitrogen and oxygen atoms in total. The molecule has 0 saturated heterocycles. The quantitative estimate of drug-likeness (QED) is 0.904. The highest BCUT2D eigenvalue weighted by atomic mass is 15.0. The van der Waals surface area contributed by atoms with E-state index >= 15 is 0 Å². The van der Waals surface area contributed by atoms with E-state index in [2.05, 4.69) is 29.3 Å². The number of nitrogens with two attached hydrogens (primary N) is 2. The van der Waals surface area contributed by atoms with Crippen molar-refractivity contribution in [2.75, 3.05) is 0 Å². The number of rotatable bonds is 3. The molecule has 2 aromatic carbocycles. The van der Waals surface area contributed by atoms with Gasteiger partial charge in [0.05, 0.1) is 5.41 Å². The SMILES string of the molecule is NC1=CC(Cc2ccccc2)(c2ccccc2)C(N)N=C1. The van der Waals surface area contributed by atoms with Crippen molar-refractivity contribution in [2.45, 2.75) is 18.0 Å². The second kappa shape index (κ2) is 5.54. The maximum Gasteiger partial charge on any atom is 0.111 e. The summed E-state index contributed by atoms with van der Waals surface area (Å²) < 4.78 is 0. The molecule has 0 spiro atoms. The zero-order chi connectivity index (χ0) is 14.7. The molecule has 2 aromatic rings. The fourth-order valence-corrected chi connectivity index (χ4v) is 2.91. The highest BCUT2D eigenvalue weighted by Gasteiger charge is 2.38. The number of hydrogen-bond acceptors (Lipinski definition) is 3. The molecule has 0 radical (unpaired) electrons. The molecule has 3 heteroatoms. The Balaban J connectivity index is 2.10. The minimum atomic E-state index is -0.401. The van der Waals surface area contributed by atoms with Crippen LogP contribution in [0.4, 0.5) is 0 Å². The van der Waals surface area contributed by atoms with Crippen LogP contribution in [0.25, 0.3) is 0 Å². The topological polar surface area (TPSA) is 64.4 Å². The number of nitrogens with zero attached hydrogens (tertiary/aromatic N) is 1. The molecule has 0 amide bonds. The lowest BCUT2D eigenvalue weighted by Gasteiger charge is -2.37. The number of dihydropyridines is 1. The summed E-state index contributed by atoms with van der Waals surface area (Å²) in [6.07, 6.45) is 4.13.